The monoisotopic (exact) mass is 307 g/mol. The van der Waals surface area contributed by atoms with E-state index in [-0.39, 0.29) is 5.91 Å². The van der Waals surface area contributed by atoms with Crippen LogP contribution in [0.4, 0.5) is 0 Å². The Morgan fingerprint density at radius 1 is 1.52 bits per heavy atom. The summed E-state index contributed by atoms with van der Waals surface area (Å²) in [6, 6.07) is 0. The minimum atomic E-state index is -0.173. The molecule has 114 valence electrons. The van der Waals surface area contributed by atoms with Crippen molar-refractivity contribution in [3.8, 4) is 0 Å². The maximum absolute atomic E-state index is 12.1. The molecule has 0 fully saturated rings. The Morgan fingerprint density at radius 3 is 3.05 bits per heavy atom. The summed E-state index contributed by atoms with van der Waals surface area (Å²) >= 11 is 1.46. The molecule has 7 heteroatoms. The lowest BCUT2D eigenvalue weighted by Gasteiger charge is -2.10. The Bertz CT molecular complexity index is 590. The fourth-order valence-electron chi connectivity index (χ4n) is 1.97. The van der Waals surface area contributed by atoms with Gasteiger partial charge in [0.25, 0.3) is 5.91 Å². The number of nitrogens with zero attached hydrogens (tertiary/aromatic N) is 3. The molecule has 2 aromatic rings. The summed E-state index contributed by atoms with van der Waals surface area (Å²) in [4.78, 5) is 20.6. The Labute approximate surface area is 128 Å². The molecule has 0 spiro atoms. The molecule has 6 nitrogen and oxygen atoms in total. The summed E-state index contributed by atoms with van der Waals surface area (Å²) in [6.07, 6.45) is 4.40. The molecule has 0 atom stereocenters. The second-order valence-corrected chi connectivity index (χ2v) is 6.18. The Kier molecular flexibility index (Phi) is 5.46. The van der Waals surface area contributed by atoms with Crippen LogP contribution in [0.25, 0.3) is 0 Å². The smallest absolute Gasteiger partial charge is 0.271 e. The lowest BCUT2D eigenvalue weighted by atomic mass is 10.2. The van der Waals surface area contributed by atoms with Crippen molar-refractivity contribution in [1.29, 1.82) is 0 Å². The second kappa shape index (κ2) is 7.33. The number of nitrogens with one attached hydrogen (secondary N) is 1. The molecular weight excluding hydrogens is 286 g/mol. The van der Waals surface area contributed by atoms with Crippen molar-refractivity contribution in [2.75, 3.05) is 6.54 Å². The third-order valence-corrected chi connectivity index (χ3v) is 3.82. The quantitative estimate of drug-likeness (QED) is 0.810. The number of hydrogen-bond acceptors (Lipinski definition) is 5. The van der Waals surface area contributed by atoms with Crippen LogP contribution in [0.15, 0.2) is 17.8 Å². The number of amides is 1. The van der Waals surface area contributed by atoms with Crippen LogP contribution in [0.2, 0.25) is 0 Å². The Balaban J connectivity index is 1.93. The van der Waals surface area contributed by atoms with Gasteiger partial charge in [-0.25, -0.2) is 9.97 Å². The van der Waals surface area contributed by atoms with Gasteiger partial charge in [-0.3, -0.25) is 4.79 Å². The molecule has 2 heterocycles. The van der Waals surface area contributed by atoms with Gasteiger partial charge in [0, 0.05) is 30.7 Å². The van der Waals surface area contributed by atoms with E-state index >= 15 is 0 Å². The average molecular weight is 307 g/mol. The highest BCUT2D eigenvalue weighted by molar-refractivity contribution is 7.09. The van der Waals surface area contributed by atoms with Crippen molar-refractivity contribution in [2.24, 2.45) is 11.7 Å². The van der Waals surface area contributed by atoms with E-state index in [0.29, 0.717) is 31.1 Å². The third kappa shape index (κ3) is 4.37. The van der Waals surface area contributed by atoms with Crippen molar-refractivity contribution in [1.82, 2.24) is 19.9 Å². The summed E-state index contributed by atoms with van der Waals surface area (Å²) in [5.74, 6) is 1.22. The predicted molar refractivity (Wildman–Crippen MR) is 83.1 cm³/mol. The number of thiazole rings is 1. The van der Waals surface area contributed by atoms with Gasteiger partial charge in [-0.05, 0) is 12.5 Å². The number of imidazole rings is 1. The van der Waals surface area contributed by atoms with Crippen LogP contribution in [0.5, 0.6) is 0 Å². The summed E-state index contributed by atoms with van der Waals surface area (Å²) in [7, 11) is 0. The van der Waals surface area contributed by atoms with Crippen LogP contribution >= 0.6 is 11.3 Å². The van der Waals surface area contributed by atoms with Gasteiger partial charge in [0.2, 0.25) is 0 Å². The standard InChI is InChI=1S/C14H21N5OS/c1-10(2)8-19-6-5-16-12(19)7-17-14(20)11-9-21-13(18-11)3-4-15/h5-6,9-10H,3-4,7-8,15H2,1-2H3,(H,17,20). The van der Waals surface area contributed by atoms with E-state index in [1.54, 1.807) is 11.6 Å². The largest absolute Gasteiger partial charge is 0.343 e. The van der Waals surface area contributed by atoms with Gasteiger partial charge in [-0.1, -0.05) is 13.8 Å². The number of hydrogen-bond donors (Lipinski definition) is 2. The number of carbonyl (C=O) groups is 1. The van der Waals surface area contributed by atoms with Crippen LogP contribution in [0.3, 0.4) is 0 Å². The van der Waals surface area contributed by atoms with E-state index in [1.807, 2.05) is 6.20 Å². The van der Waals surface area contributed by atoms with E-state index in [9.17, 15) is 4.79 Å². The minimum absolute atomic E-state index is 0.173. The molecule has 1 amide bonds. The van der Waals surface area contributed by atoms with Gasteiger partial charge in [0.1, 0.15) is 11.5 Å². The maximum Gasteiger partial charge on any atom is 0.271 e. The maximum atomic E-state index is 12.1. The molecule has 2 aromatic heterocycles. The SMILES string of the molecule is CC(C)Cn1ccnc1CNC(=O)c1csc(CCN)n1. The highest BCUT2D eigenvalue weighted by Crippen LogP contribution is 2.10. The fraction of sp³-hybridized carbons (Fsp3) is 0.500. The van der Waals surface area contributed by atoms with Gasteiger partial charge in [0.15, 0.2) is 0 Å². The third-order valence-electron chi connectivity index (χ3n) is 2.91. The summed E-state index contributed by atoms with van der Waals surface area (Å²) < 4.78 is 2.06. The van der Waals surface area contributed by atoms with Gasteiger partial charge in [-0.15, -0.1) is 11.3 Å². The molecule has 0 radical (unpaired) electrons. The van der Waals surface area contributed by atoms with E-state index in [0.717, 1.165) is 17.4 Å². The first-order valence-electron chi connectivity index (χ1n) is 7.02. The van der Waals surface area contributed by atoms with Crippen LogP contribution in [-0.2, 0) is 19.5 Å². The first-order valence-corrected chi connectivity index (χ1v) is 7.90. The molecule has 0 aliphatic heterocycles. The summed E-state index contributed by atoms with van der Waals surface area (Å²) in [5.41, 5.74) is 5.93. The fourth-order valence-corrected chi connectivity index (χ4v) is 2.76. The zero-order chi connectivity index (χ0) is 15.2. The summed E-state index contributed by atoms with van der Waals surface area (Å²) in [5, 5.41) is 5.52. The lowest BCUT2D eigenvalue weighted by Crippen LogP contribution is -2.25. The average Bonchev–Trinajstić information content (AvgIpc) is 3.05. The van der Waals surface area contributed by atoms with Crippen molar-refractivity contribution in [3.05, 3.63) is 34.3 Å². The highest BCUT2D eigenvalue weighted by Gasteiger charge is 2.12. The van der Waals surface area contributed by atoms with E-state index in [2.05, 4.69) is 33.7 Å². The number of aromatic nitrogens is 3. The molecule has 2 rings (SSSR count). The molecule has 3 N–H and O–H groups in total. The molecule has 0 saturated carbocycles. The first-order chi connectivity index (χ1) is 10.1. The summed E-state index contributed by atoms with van der Waals surface area (Å²) in [6.45, 7) is 6.14. The van der Waals surface area contributed by atoms with Gasteiger partial charge in [0.05, 0.1) is 11.6 Å². The Hall–Kier alpha value is -1.73. The number of carbonyl (C=O) groups excluding carboxylic acids is 1. The zero-order valence-corrected chi connectivity index (χ0v) is 13.2. The van der Waals surface area contributed by atoms with Crippen LogP contribution in [-0.4, -0.2) is 27.0 Å². The normalized spacial score (nSPS) is 11.0. The highest BCUT2D eigenvalue weighted by atomic mass is 32.1. The number of nitrogens with two attached hydrogens (primary N) is 1. The van der Waals surface area contributed by atoms with Gasteiger partial charge >= 0.3 is 0 Å². The molecular formula is C14H21N5OS. The molecule has 0 unspecified atom stereocenters. The zero-order valence-electron chi connectivity index (χ0n) is 12.4. The van der Waals surface area contributed by atoms with E-state index in [1.165, 1.54) is 11.3 Å². The number of rotatable bonds is 7. The van der Waals surface area contributed by atoms with Crippen molar-refractivity contribution >= 4 is 17.2 Å². The predicted octanol–water partition coefficient (Wildman–Crippen LogP) is 1.43. The molecule has 21 heavy (non-hydrogen) atoms. The minimum Gasteiger partial charge on any atom is -0.343 e. The van der Waals surface area contributed by atoms with Crippen molar-refractivity contribution < 1.29 is 4.79 Å². The Morgan fingerprint density at radius 2 is 2.33 bits per heavy atom. The van der Waals surface area contributed by atoms with Crippen LogP contribution < -0.4 is 11.1 Å². The van der Waals surface area contributed by atoms with Crippen molar-refractivity contribution in [3.63, 3.8) is 0 Å². The van der Waals surface area contributed by atoms with E-state index < -0.39 is 0 Å². The second-order valence-electron chi connectivity index (χ2n) is 5.24. The topological polar surface area (TPSA) is 85.8 Å². The van der Waals surface area contributed by atoms with E-state index in [4.69, 9.17) is 5.73 Å². The molecule has 0 aliphatic carbocycles. The van der Waals surface area contributed by atoms with Crippen molar-refractivity contribution in [2.45, 2.75) is 33.4 Å². The first kappa shape index (κ1) is 15.7. The molecule has 0 saturated heterocycles. The molecule has 0 aliphatic rings. The van der Waals surface area contributed by atoms with Gasteiger partial charge in [-0.2, -0.15) is 0 Å². The molecule has 0 aromatic carbocycles. The van der Waals surface area contributed by atoms with Gasteiger partial charge < -0.3 is 15.6 Å². The molecule has 0 bridgehead atoms. The van der Waals surface area contributed by atoms with Crippen LogP contribution in [0, 0.1) is 5.92 Å². The lowest BCUT2D eigenvalue weighted by molar-refractivity contribution is 0.0945. The van der Waals surface area contributed by atoms with Crippen LogP contribution in [0.1, 0.15) is 35.2 Å².